The molecule has 6 nitrogen and oxygen atoms in total. The molecule has 0 spiro atoms. The molecule has 1 aromatic heterocycles. The first-order valence-corrected chi connectivity index (χ1v) is 6.14. The smallest absolute Gasteiger partial charge is 0.311 e. The number of hydrogen-bond donors (Lipinski definition) is 1. The highest BCUT2D eigenvalue weighted by Crippen LogP contribution is 2.30. The highest BCUT2D eigenvalue weighted by atomic mass is 16.6. The Bertz CT molecular complexity index is 433. The van der Waals surface area contributed by atoms with Crippen molar-refractivity contribution in [1.29, 1.82) is 0 Å². The minimum absolute atomic E-state index is 0.00981. The van der Waals surface area contributed by atoms with Crippen LogP contribution in [0.25, 0.3) is 0 Å². The highest BCUT2D eigenvalue weighted by molar-refractivity contribution is 5.56. The molecular weight excluding hydrogens is 234 g/mol. The molecule has 6 heteroatoms. The number of ether oxygens (including phenoxy) is 1. The van der Waals surface area contributed by atoms with Gasteiger partial charge in [-0.05, 0) is 12.3 Å². The number of nitrogens with one attached hydrogen (secondary N) is 1. The summed E-state index contributed by atoms with van der Waals surface area (Å²) >= 11 is 0. The number of anilines is 1. The molecule has 1 saturated carbocycles. The summed E-state index contributed by atoms with van der Waals surface area (Å²) in [6.07, 6.45) is 4.89. The monoisotopic (exact) mass is 251 g/mol. The lowest BCUT2D eigenvalue weighted by Gasteiger charge is -2.25. The van der Waals surface area contributed by atoms with Crippen LogP contribution in [0.2, 0.25) is 0 Å². The van der Waals surface area contributed by atoms with Crippen LogP contribution in [0, 0.1) is 16.0 Å². The molecule has 0 amide bonds. The molecule has 1 heterocycles. The highest BCUT2D eigenvalue weighted by Gasteiger charge is 2.19. The molecule has 2 rings (SSSR count). The van der Waals surface area contributed by atoms with Crippen LogP contribution in [0.3, 0.4) is 0 Å². The summed E-state index contributed by atoms with van der Waals surface area (Å²) in [6.45, 7) is 0.714. The fourth-order valence-electron chi connectivity index (χ4n) is 2.00. The molecule has 0 saturated heterocycles. The van der Waals surface area contributed by atoms with Crippen molar-refractivity contribution in [3.8, 4) is 5.88 Å². The van der Waals surface area contributed by atoms with Gasteiger partial charge >= 0.3 is 5.69 Å². The number of methoxy groups -OCH3 is 1. The number of hydrogen-bond acceptors (Lipinski definition) is 5. The number of rotatable bonds is 6. The first-order valence-electron chi connectivity index (χ1n) is 6.14. The predicted molar refractivity (Wildman–Crippen MR) is 67.9 cm³/mol. The second kappa shape index (κ2) is 5.66. The Morgan fingerprint density at radius 3 is 2.89 bits per heavy atom. The number of aromatic nitrogens is 1. The molecule has 0 bridgehead atoms. The summed E-state index contributed by atoms with van der Waals surface area (Å²) < 4.78 is 4.98. The molecule has 0 aromatic carbocycles. The molecule has 0 atom stereocenters. The van der Waals surface area contributed by atoms with Crippen LogP contribution in [-0.4, -0.2) is 23.6 Å². The Kier molecular flexibility index (Phi) is 3.96. The Hall–Kier alpha value is -1.85. The van der Waals surface area contributed by atoms with Crippen LogP contribution in [0.4, 0.5) is 11.5 Å². The Morgan fingerprint density at radius 1 is 1.56 bits per heavy atom. The minimum atomic E-state index is -0.432. The van der Waals surface area contributed by atoms with Gasteiger partial charge in [0, 0.05) is 18.7 Å². The van der Waals surface area contributed by atoms with E-state index in [1.807, 2.05) is 0 Å². The van der Waals surface area contributed by atoms with Crippen LogP contribution in [0.5, 0.6) is 5.88 Å². The van der Waals surface area contributed by atoms with E-state index < -0.39 is 4.92 Å². The third-order valence-corrected chi connectivity index (χ3v) is 3.32. The van der Waals surface area contributed by atoms with Crippen LogP contribution >= 0.6 is 0 Å². The first kappa shape index (κ1) is 12.6. The Morgan fingerprint density at radius 2 is 2.33 bits per heavy atom. The molecule has 0 aliphatic heterocycles. The molecule has 1 aliphatic rings. The third-order valence-electron chi connectivity index (χ3n) is 3.32. The zero-order valence-electron chi connectivity index (χ0n) is 10.4. The minimum Gasteiger partial charge on any atom is -0.481 e. The van der Waals surface area contributed by atoms with Crippen LogP contribution in [-0.2, 0) is 0 Å². The van der Waals surface area contributed by atoms with Gasteiger partial charge in [-0.25, -0.2) is 0 Å². The average molecular weight is 251 g/mol. The van der Waals surface area contributed by atoms with Gasteiger partial charge < -0.3 is 10.1 Å². The van der Waals surface area contributed by atoms with Crippen LogP contribution in [0.1, 0.15) is 25.7 Å². The van der Waals surface area contributed by atoms with Gasteiger partial charge in [0.2, 0.25) is 11.7 Å². The van der Waals surface area contributed by atoms with E-state index in [1.54, 1.807) is 0 Å². The fraction of sp³-hybridized carbons (Fsp3) is 0.583. The maximum Gasteiger partial charge on any atom is 0.311 e. The van der Waals surface area contributed by atoms with Crippen molar-refractivity contribution >= 4 is 11.5 Å². The summed E-state index contributed by atoms with van der Waals surface area (Å²) in [4.78, 5) is 14.5. The summed E-state index contributed by atoms with van der Waals surface area (Å²) in [6, 6.07) is 2.91. The molecular formula is C12H17N3O3. The van der Waals surface area contributed by atoms with E-state index in [1.165, 1.54) is 38.5 Å². The summed E-state index contributed by atoms with van der Waals surface area (Å²) in [7, 11) is 1.49. The van der Waals surface area contributed by atoms with Gasteiger partial charge in [0.25, 0.3) is 0 Å². The van der Waals surface area contributed by atoms with E-state index in [0.717, 1.165) is 12.3 Å². The van der Waals surface area contributed by atoms with E-state index in [9.17, 15) is 10.1 Å². The molecule has 0 unspecified atom stereocenters. The zero-order valence-corrected chi connectivity index (χ0v) is 10.4. The van der Waals surface area contributed by atoms with Crippen molar-refractivity contribution < 1.29 is 9.66 Å². The maximum absolute atomic E-state index is 10.9. The second-order valence-corrected chi connectivity index (χ2v) is 4.49. The van der Waals surface area contributed by atoms with E-state index in [2.05, 4.69) is 10.3 Å². The molecule has 1 N–H and O–H groups in total. The van der Waals surface area contributed by atoms with Crippen molar-refractivity contribution in [2.45, 2.75) is 25.7 Å². The maximum atomic E-state index is 10.9. The van der Waals surface area contributed by atoms with E-state index in [4.69, 9.17) is 4.74 Å². The van der Waals surface area contributed by atoms with Gasteiger partial charge in [0.1, 0.15) is 0 Å². The standard InChI is InChI=1S/C12H17N3O3/c1-18-11-6-5-10(15(16)17)12(14-11)13-8-7-9-3-2-4-9/h5-6,9H,2-4,7-8H2,1H3,(H,13,14). The van der Waals surface area contributed by atoms with Gasteiger partial charge in [-0.15, -0.1) is 0 Å². The molecule has 1 fully saturated rings. The van der Waals surface area contributed by atoms with Crippen LogP contribution in [0.15, 0.2) is 12.1 Å². The lowest BCUT2D eigenvalue weighted by molar-refractivity contribution is -0.384. The average Bonchev–Trinajstić information content (AvgIpc) is 2.31. The number of nitrogens with zero attached hydrogens (tertiary/aromatic N) is 2. The third kappa shape index (κ3) is 2.88. The quantitative estimate of drug-likeness (QED) is 0.621. The lowest BCUT2D eigenvalue weighted by Crippen LogP contribution is -2.16. The molecule has 1 aromatic rings. The molecule has 18 heavy (non-hydrogen) atoms. The molecule has 0 radical (unpaired) electrons. The largest absolute Gasteiger partial charge is 0.481 e. The number of nitro groups is 1. The van der Waals surface area contributed by atoms with Gasteiger partial charge in [-0.1, -0.05) is 19.3 Å². The van der Waals surface area contributed by atoms with E-state index in [0.29, 0.717) is 18.2 Å². The summed E-state index contributed by atoms with van der Waals surface area (Å²) in [5, 5.41) is 13.9. The summed E-state index contributed by atoms with van der Waals surface area (Å²) in [5.41, 5.74) is -0.00981. The van der Waals surface area contributed by atoms with Gasteiger partial charge in [-0.2, -0.15) is 4.98 Å². The lowest BCUT2D eigenvalue weighted by atomic mass is 9.83. The van der Waals surface area contributed by atoms with Gasteiger partial charge in [-0.3, -0.25) is 10.1 Å². The Labute approximate surface area is 106 Å². The summed E-state index contributed by atoms with van der Waals surface area (Å²) in [5.74, 6) is 1.44. The van der Waals surface area contributed by atoms with Gasteiger partial charge in [0.05, 0.1) is 12.0 Å². The second-order valence-electron chi connectivity index (χ2n) is 4.49. The fourth-order valence-corrected chi connectivity index (χ4v) is 2.00. The van der Waals surface area contributed by atoms with Crippen molar-refractivity contribution in [1.82, 2.24) is 4.98 Å². The predicted octanol–water partition coefficient (Wildman–Crippen LogP) is 2.60. The van der Waals surface area contributed by atoms with Crippen molar-refractivity contribution in [2.75, 3.05) is 19.0 Å². The normalized spacial score (nSPS) is 14.9. The van der Waals surface area contributed by atoms with Crippen molar-refractivity contribution in [3.63, 3.8) is 0 Å². The van der Waals surface area contributed by atoms with Crippen molar-refractivity contribution in [3.05, 3.63) is 22.2 Å². The van der Waals surface area contributed by atoms with Gasteiger partial charge in [0.15, 0.2) is 0 Å². The van der Waals surface area contributed by atoms with Crippen LogP contribution < -0.4 is 10.1 Å². The SMILES string of the molecule is COc1ccc([N+](=O)[O-])c(NCCC2CCC2)n1. The zero-order chi connectivity index (χ0) is 13.0. The molecule has 1 aliphatic carbocycles. The van der Waals surface area contributed by atoms with E-state index >= 15 is 0 Å². The first-order chi connectivity index (χ1) is 8.70. The topological polar surface area (TPSA) is 77.3 Å². The van der Waals surface area contributed by atoms with Crippen molar-refractivity contribution in [2.24, 2.45) is 5.92 Å². The number of pyridine rings is 1. The Balaban J connectivity index is 2.00. The van der Waals surface area contributed by atoms with E-state index in [-0.39, 0.29) is 5.69 Å². The molecule has 98 valence electrons.